The molecule has 5 heterocycles. The molecular formula is C24H27N9. The van der Waals surface area contributed by atoms with Gasteiger partial charge < -0.3 is 15.5 Å². The third-order valence-electron chi connectivity index (χ3n) is 6.45. The Morgan fingerprint density at radius 1 is 1.12 bits per heavy atom. The van der Waals surface area contributed by atoms with E-state index in [1.54, 1.807) is 6.20 Å². The molecule has 0 amide bonds. The molecule has 33 heavy (non-hydrogen) atoms. The lowest BCUT2D eigenvalue weighted by molar-refractivity contribution is 0.586. The van der Waals surface area contributed by atoms with Crippen molar-refractivity contribution in [3.8, 4) is 11.4 Å². The molecule has 2 aliphatic rings. The molecule has 0 spiro atoms. The molecule has 9 nitrogen and oxygen atoms in total. The maximum atomic E-state index is 5.12. The van der Waals surface area contributed by atoms with Crippen LogP contribution in [0.4, 0.5) is 11.6 Å². The monoisotopic (exact) mass is 441 g/mol. The van der Waals surface area contributed by atoms with Crippen LogP contribution in [0.5, 0.6) is 0 Å². The van der Waals surface area contributed by atoms with Crippen molar-refractivity contribution in [3.63, 3.8) is 0 Å². The smallest absolute Gasteiger partial charge is 0.162 e. The normalized spacial score (nSPS) is 17.3. The van der Waals surface area contributed by atoms with Crippen molar-refractivity contribution in [1.82, 2.24) is 35.5 Å². The van der Waals surface area contributed by atoms with Crippen molar-refractivity contribution in [2.75, 3.05) is 36.4 Å². The first-order chi connectivity index (χ1) is 16.3. The predicted molar refractivity (Wildman–Crippen MR) is 128 cm³/mol. The van der Waals surface area contributed by atoms with Gasteiger partial charge in [-0.1, -0.05) is 0 Å². The Balaban J connectivity index is 1.41. The third kappa shape index (κ3) is 4.00. The summed E-state index contributed by atoms with van der Waals surface area (Å²) in [5.41, 5.74) is 4.21. The molecule has 1 unspecified atom stereocenters. The van der Waals surface area contributed by atoms with Crippen LogP contribution in [0, 0.1) is 0 Å². The van der Waals surface area contributed by atoms with Crippen molar-refractivity contribution in [2.24, 2.45) is 0 Å². The van der Waals surface area contributed by atoms with E-state index < -0.39 is 0 Å². The minimum atomic E-state index is 0.0748. The summed E-state index contributed by atoms with van der Waals surface area (Å²) in [6.45, 7) is 5.87. The summed E-state index contributed by atoms with van der Waals surface area (Å²) in [4.78, 5) is 21.5. The van der Waals surface area contributed by atoms with Crippen molar-refractivity contribution in [2.45, 2.75) is 31.7 Å². The SMILES string of the molecule is CC(Nc1cc(-c2nc(N3CCNCC3)c3c(C4CC4)cncc3n2)ccn1)c1cn[nH]c1. The van der Waals surface area contributed by atoms with Crippen LogP contribution in [0.25, 0.3) is 22.3 Å². The highest BCUT2D eigenvalue weighted by Crippen LogP contribution is 2.44. The average Bonchev–Trinajstić information content (AvgIpc) is 3.56. The number of pyridine rings is 2. The Hall–Kier alpha value is -3.59. The number of nitrogens with zero attached hydrogens (tertiary/aromatic N) is 6. The van der Waals surface area contributed by atoms with E-state index >= 15 is 0 Å². The van der Waals surface area contributed by atoms with E-state index in [4.69, 9.17) is 9.97 Å². The molecule has 1 atom stereocenters. The Morgan fingerprint density at radius 3 is 2.79 bits per heavy atom. The molecule has 3 N–H and O–H groups in total. The molecule has 4 aromatic heterocycles. The first-order valence-electron chi connectivity index (χ1n) is 11.6. The molecule has 9 heteroatoms. The van der Waals surface area contributed by atoms with Gasteiger partial charge in [-0.15, -0.1) is 0 Å². The number of hydrogen-bond acceptors (Lipinski definition) is 8. The van der Waals surface area contributed by atoms with Crippen molar-refractivity contribution in [3.05, 3.63) is 54.2 Å². The topological polar surface area (TPSA) is 108 Å². The van der Waals surface area contributed by atoms with Gasteiger partial charge in [0, 0.05) is 61.3 Å². The van der Waals surface area contributed by atoms with Crippen LogP contribution >= 0.6 is 0 Å². The second-order valence-electron chi connectivity index (χ2n) is 8.83. The van der Waals surface area contributed by atoms with Gasteiger partial charge in [-0.2, -0.15) is 5.10 Å². The summed E-state index contributed by atoms with van der Waals surface area (Å²) in [6, 6.07) is 4.05. The molecule has 1 saturated carbocycles. The zero-order valence-electron chi connectivity index (χ0n) is 18.6. The van der Waals surface area contributed by atoms with Crippen LogP contribution in [-0.4, -0.2) is 56.3 Å². The van der Waals surface area contributed by atoms with Crippen molar-refractivity contribution < 1.29 is 0 Å². The van der Waals surface area contributed by atoms with E-state index in [0.29, 0.717) is 11.7 Å². The zero-order valence-corrected chi connectivity index (χ0v) is 18.6. The van der Waals surface area contributed by atoms with Gasteiger partial charge in [-0.3, -0.25) is 10.1 Å². The molecule has 2 fully saturated rings. The number of anilines is 2. The highest BCUT2D eigenvalue weighted by atomic mass is 15.2. The van der Waals surface area contributed by atoms with Gasteiger partial charge in [0.05, 0.1) is 24.0 Å². The summed E-state index contributed by atoms with van der Waals surface area (Å²) in [6.07, 6.45) is 11.8. The first-order valence-corrected chi connectivity index (χ1v) is 11.6. The molecule has 1 aliphatic heterocycles. The van der Waals surface area contributed by atoms with E-state index in [9.17, 15) is 0 Å². The van der Waals surface area contributed by atoms with E-state index in [1.807, 2.05) is 36.9 Å². The molecule has 4 aromatic rings. The Bertz CT molecular complexity index is 1260. The number of aromatic nitrogens is 6. The third-order valence-corrected chi connectivity index (χ3v) is 6.45. The number of piperazine rings is 1. The van der Waals surface area contributed by atoms with Crippen LogP contribution in [-0.2, 0) is 0 Å². The van der Waals surface area contributed by atoms with Gasteiger partial charge in [0.2, 0.25) is 0 Å². The Kier molecular flexibility index (Phi) is 5.10. The van der Waals surface area contributed by atoms with Gasteiger partial charge in [-0.25, -0.2) is 15.0 Å². The zero-order chi connectivity index (χ0) is 22.2. The van der Waals surface area contributed by atoms with E-state index in [0.717, 1.165) is 54.5 Å². The van der Waals surface area contributed by atoms with Crippen molar-refractivity contribution >= 4 is 22.5 Å². The molecule has 0 radical (unpaired) electrons. The summed E-state index contributed by atoms with van der Waals surface area (Å²) in [5.74, 6) is 3.09. The Labute approximate surface area is 192 Å². The Morgan fingerprint density at radius 2 is 2.00 bits per heavy atom. The molecule has 6 rings (SSSR count). The predicted octanol–water partition coefficient (Wildman–Crippen LogP) is 3.27. The summed E-state index contributed by atoms with van der Waals surface area (Å²) >= 11 is 0. The van der Waals surface area contributed by atoms with Gasteiger partial charge in [0.25, 0.3) is 0 Å². The van der Waals surface area contributed by atoms with Crippen LogP contribution in [0.1, 0.15) is 42.9 Å². The lowest BCUT2D eigenvalue weighted by atomic mass is 10.1. The fourth-order valence-electron chi connectivity index (χ4n) is 4.48. The standard InChI is InChI=1S/C24H27N9/c1-15(18-11-28-29-12-18)30-21-10-17(4-5-27-21)23-31-20-14-26-13-19(16-2-3-16)22(20)24(32-23)33-8-6-25-7-9-33/h4-5,10-16,25H,2-3,6-9H2,1H3,(H,27,30)(H,28,29). The van der Waals surface area contributed by atoms with Crippen LogP contribution in [0.2, 0.25) is 0 Å². The largest absolute Gasteiger partial charge is 0.363 e. The average molecular weight is 442 g/mol. The number of aromatic amines is 1. The second kappa shape index (κ2) is 8.40. The van der Waals surface area contributed by atoms with E-state index in [2.05, 4.69) is 42.6 Å². The number of H-pyrrole nitrogens is 1. The molecule has 0 bridgehead atoms. The fraction of sp³-hybridized carbons (Fsp3) is 0.375. The lowest BCUT2D eigenvalue weighted by Gasteiger charge is -2.30. The van der Waals surface area contributed by atoms with Crippen molar-refractivity contribution in [1.29, 1.82) is 0 Å². The quantitative estimate of drug-likeness (QED) is 0.418. The molecule has 1 aliphatic carbocycles. The number of nitrogens with one attached hydrogen (secondary N) is 3. The molecule has 1 saturated heterocycles. The van der Waals surface area contributed by atoms with Crippen LogP contribution in [0.3, 0.4) is 0 Å². The minimum absolute atomic E-state index is 0.0748. The molecule has 168 valence electrons. The highest BCUT2D eigenvalue weighted by Gasteiger charge is 2.29. The van der Waals surface area contributed by atoms with Gasteiger partial charge >= 0.3 is 0 Å². The molecular weight excluding hydrogens is 414 g/mol. The number of hydrogen-bond donors (Lipinski definition) is 3. The first kappa shape index (κ1) is 20.0. The molecule has 0 aromatic carbocycles. The van der Waals surface area contributed by atoms with Crippen LogP contribution in [0.15, 0.2) is 43.1 Å². The maximum absolute atomic E-state index is 5.12. The van der Waals surface area contributed by atoms with Crippen LogP contribution < -0.4 is 15.5 Å². The van der Waals surface area contributed by atoms with E-state index in [1.165, 1.54) is 23.8 Å². The van der Waals surface area contributed by atoms with Gasteiger partial charge in [-0.05, 0) is 43.4 Å². The fourth-order valence-corrected chi connectivity index (χ4v) is 4.48. The second-order valence-corrected chi connectivity index (χ2v) is 8.83. The van der Waals surface area contributed by atoms with Gasteiger partial charge in [0.1, 0.15) is 11.6 Å². The summed E-state index contributed by atoms with van der Waals surface area (Å²) in [7, 11) is 0. The summed E-state index contributed by atoms with van der Waals surface area (Å²) < 4.78 is 0. The van der Waals surface area contributed by atoms with E-state index in [-0.39, 0.29) is 6.04 Å². The summed E-state index contributed by atoms with van der Waals surface area (Å²) in [5, 5.41) is 15.0. The highest BCUT2D eigenvalue weighted by molar-refractivity contribution is 5.94. The minimum Gasteiger partial charge on any atom is -0.363 e. The lowest BCUT2D eigenvalue weighted by Crippen LogP contribution is -2.44. The van der Waals surface area contributed by atoms with Gasteiger partial charge in [0.15, 0.2) is 5.82 Å². The maximum Gasteiger partial charge on any atom is 0.162 e. The number of fused-ring (bicyclic) bond motifs is 1. The number of rotatable bonds is 6.